The van der Waals surface area contributed by atoms with Gasteiger partial charge in [0.2, 0.25) is 0 Å². The largest absolute Gasteiger partial charge is 0.379 e. The van der Waals surface area contributed by atoms with E-state index in [0.29, 0.717) is 36.1 Å². The first kappa shape index (κ1) is 20.7. The summed E-state index contributed by atoms with van der Waals surface area (Å²) in [5, 5.41) is 4.66. The summed E-state index contributed by atoms with van der Waals surface area (Å²) in [7, 11) is 1.74. The quantitative estimate of drug-likeness (QED) is 0.628. The molecule has 1 aliphatic rings. The van der Waals surface area contributed by atoms with Gasteiger partial charge in [0.15, 0.2) is 5.13 Å². The minimum absolute atomic E-state index is 0. The molecular weight excluding hydrogens is 405 g/mol. The Bertz CT molecular complexity index is 957. The maximum absolute atomic E-state index is 13.5. The molecule has 0 atom stereocenters. The van der Waals surface area contributed by atoms with Crippen molar-refractivity contribution < 1.29 is 13.9 Å². The molecule has 1 aromatic carbocycles. The lowest BCUT2D eigenvalue weighted by molar-refractivity contribution is 0.0391. The zero-order chi connectivity index (χ0) is 18.8. The standard InChI is InChI=1S/C18H20FN5O2S.ClH/c1-22-15(4-5-20-22)17(25)24(7-6-23-8-10-26-11-9-23)18-21-14-3-2-13(19)12-16(14)27-18;/h2-5,12H,6-11H2,1H3;1H. The fourth-order valence-corrected chi connectivity index (χ4v) is 4.09. The van der Waals surface area contributed by atoms with Crippen LogP contribution in [-0.2, 0) is 11.8 Å². The summed E-state index contributed by atoms with van der Waals surface area (Å²) in [4.78, 5) is 21.6. The van der Waals surface area contributed by atoms with Crippen LogP contribution in [0.25, 0.3) is 10.2 Å². The number of morpholine rings is 1. The molecule has 1 fully saturated rings. The number of amides is 1. The van der Waals surface area contributed by atoms with Crippen LogP contribution in [0, 0.1) is 5.82 Å². The predicted molar refractivity (Wildman–Crippen MR) is 109 cm³/mol. The molecular formula is C18H21ClFN5O2S. The normalized spacial score (nSPS) is 14.8. The number of carbonyl (C=O) groups is 1. The third-order valence-electron chi connectivity index (χ3n) is 4.60. The van der Waals surface area contributed by atoms with Gasteiger partial charge in [0.1, 0.15) is 11.5 Å². The number of rotatable bonds is 5. The van der Waals surface area contributed by atoms with E-state index in [4.69, 9.17) is 4.74 Å². The first-order valence-corrected chi connectivity index (χ1v) is 9.59. The van der Waals surface area contributed by atoms with Crippen LogP contribution in [0.1, 0.15) is 10.5 Å². The molecule has 28 heavy (non-hydrogen) atoms. The maximum Gasteiger partial charge on any atom is 0.278 e. The van der Waals surface area contributed by atoms with E-state index in [1.165, 1.54) is 23.5 Å². The number of carbonyl (C=O) groups excluding carboxylic acids is 1. The highest BCUT2D eigenvalue weighted by Crippen LogP contribution is 2.30. The highest BCUT2D eigenvalue weighted by molar-refractivity contribution is 7.22. The Morgan fingerprint density at radius 1 is 1.32 bits per heavy atom. The highest BCUT2D eigenvalue weighted by Gasteiger charge is 2.24. The van der Waals surface area contributed by atoms with Crippen molar-refractivity contribution in [2.45, 2.75) is 0 Å². The number of halogens is 2. The summed E-state index contributed by atoms with van der Waals surface area (Å²) in [6, 6.07) is 6.16. The maximum atomic E-state index is 13.5. The minimum Gasteiger partial charge on any atom is -0.379 e. The average molecular weight is 426 g/mol. The molecule has 1 aliphatic heterocycles. The fraction of sp³-hybridized carbons (Fsp3) is 0.389. The second-order valence-electron chi connectivity index (χ2n) is 6.36. The second-order valence-corrected chi connectivity index (χ2v) is 7.37. The van der Waals surface area contributed by atoms with Crippen LogP contribution in [0.5, 0.6) is 0 Å². The molecule has 1 amide bonds. The van der Waals surface area contributed by atoms with Crippen LogP contribution >= 0.6 is 23.7 Å². The van der Waals surface area contributed by atoms with Crippen LogP contribution in [0.15, 0.2) is 30.5 Å². The molecule has 1 saturated heterocycles. The van der Waals surface area contributed by atoms with Gasteiger partial charge in [-0.2, -0.15) is 5.10 Å². The lowest BCUT2D eigenvalue weighted by Gasteiger charge is -2.29. The molecule has 3 heterocycles. The number of hydrogen-bond donors (Lipinski definition) is 0. The summed E-state index contributed by atoms with van der Waals surface area (Å²) in [5.41, 5.74) is 1.17. The molecule has 0 saturated carbocycles. The lowest BCUT2D eigenvalue weighted by atomic mass is 10.3. The Balaban J connectivity index is 0.00000225. The number of ether oxygens (including phenoxy) is 1. The van der Waals surface area contributed by atoms with Crippen molar-refractivity contribution in [1.82, 2.24) is 19.7 Å². The van der Waals surface area contributed by atoms with Gasteiger partial charge < -0.3 is 4.74 Å². The number of anilines is 1. The van der Waals surface area contributed by atoms with Crippen molar-refractivity contribution in [1.29, 1.82) is 0 Å². The van der Waals surface area contributed by atoms with Gasteiger partial charge in [0.05, 0.1) is 23.4 Å². The number of fused-ring (bicyclic) bond motifs is 1. The van der Waals surface area contributed by atoms with Gasteiger partial charge in [-0.05, 0) is 24.3 Å². The van der Waals surface area contributed by atoms with Crippen LogP contribution in [0.4, 0.5) is 9.52 Å². The first-order chi connectivity index (χ1) is 13.1. The van der Waals surface area contributed by atoms with Crippen molar-refractivity contribution in [2.75, 3.05) is 44.3 Å². The minimum atomic E-state index is -0.310. The Morgan fingerprint density at radius 3 is 2.82 bits per heavy atom. The number of thiazole rings is 1. The third-order valence-corrected chi connectivity index (χ3v) is 5.64. The summed E-state index contributed by atoms with van der Waals surface area (Å²) < 4.78 is 21.2. The molecule has 4 rings (SSSR count). The van der Waals surface area contributed by atoms with Crippen molar-refractivity contribution in [2.24, 2.45) is 7.05 Å². The van der Waals surface area contributed by atoms with Gasteiger partial charge in [-0.15, -0.1) is 12.4 Å². The van der Waals surface area contributed by atoms with Crippen LogP contribution in [-0.4, -0.2) is 65.0 Å². The average Bonchev–Trinajstić information content (AvgIpc) is 3.28. The van der Waals surface area contributed by atoms with Crippen LogP contribution in [0.2, 0.25) is 0 Å². The highest BCUT2D eigenvalue weighted by atomic mass is 35.5. The second kappa shape index (κ2) is 8.95. The Kier molecular flexibility index (Phi) is 6.61. The predicted octanol–water partition coefficient (Wildman–Crippen LogP) is 2.57. The fourth-order valence-electron chi connectivity index (χ4n) is 3.07. The zero-order valence-corrected chi connectivity index (χ0v) is 17.0. The smallest absolute Gasteiger partial charge is 0.278 e. The van der Waals surface area contributed by atoms with Gasteiger partial charge in [-0.3, -0.25) is 19.3 Å². The molecule has 0 radical (unpaired) electrons. The van der Waals surface area contributed by atoms with E-state index in [2.05, 4.69) is 15.0 Å². The topological polar surface area (TPSA) is 63.5 Å². The van der Waals surface area contributed by atoms with Crippen molar-refractivity contribution in [3.05, 3.63) is 42.0 Å². The number of hydrogen-bond acceptors (Lipinski definition) is 6. The van der Waals surface area contributed by atoms with E-state index < -0.39 is 0 Å². The number of nitrogens with zero attached hydrogens (tertiary/aromatic N) is 5. The van der Waals surface area contributed by atoms with Gasteiger partial charge >= 0.3 is 0 Å². The Morgan fingerprint density at radius 2 is 2.11 bits per heavy atom. The SMILES string of the molecule is Cl.Cn1nccc1C(=O)N(CCN1CCOCC1)c1nc2ccc(F)cc2s1. The van der Waals surface area contributed by atoms with E-state index >= 15 is 0 Å². The van der Waals surface area contributed by atoms with Crippen LogP contribution < -0.4 is 4.90 Å². The van der Waals surface area contributed by atoms with Crippen molar-refractivity contribution in [3.8, 4) is 0 Å². The number of aromatic nitrogens is 3. The number of aryl methyl sites for hydroxylation is 1. The van der Waals surface area contributed by atoms with E-state index in [9.17, 15) is 9.18 Å². The molecule has 150 valence electrons. The summed E-state index contributed by atoms with van der Waals surface area (Å²) >= 11 is 1.32. The monoisotopic (exact) mass is 425 g/mol. The lowest BCUT2D eigenvalue weighted by Crippen LogP contribution is -2.43. The molecule has 0 bridgehead atoms. The Labute approximate surface area is 172 Å². The van der Waals surface area contributed by atoms with Gasteiger partial charge in [0.25, 0.3) is 5.91 Å². The van der Waals surface area contributed by atoms with E-state index in [-0.39, 0.29) is 24.1 Å². The van der Waals surface area contributed by atoms with Gasteiger partial charge in [-0.25, -0.2) is 9.37 Å². The first-order valence-electron chi connectivity index (χ1n) is 8.78. The van der Waals surface area contributed by atoms with E-state index in [1.807, 2.05) is 0 Å². The zero-order valence-electron chi connectivity index (χ0n) is 15.4. The van der Waals surface area contributed by atoms with E-state index in [0.717, 1.165) is 24.3 Å². The molecule has 10 heteroatoms. The molecule has 3 aromatic rings. The third kappa shape index (κ3) is 4.33. The molecule has 0 unspecified atom stereocenters. The van der Waals surface area contributed by atoms with E-state index in [1.54, 1.807) is 35.0 Å². The van der Waals surface area contributed by atoms with Crippen molar-refractivity contribution in [3.63, 3.8) is 0 Å². The van der Waals surface area contributed by atoms with Crippen LogP contribution in [0.3, 0.4) is 0 Å². The van der Waals surface area contributed by atoms with Crippen molar-refractivity contribution >= 4 is 45.0 Å². The summed E-state index contributed by atoms with van der Waals surface area (Å²) in [6.45, 7) is 4.31. The molecule has 0 N–H and O–H groups in total. The number of benzene rings is 1. The molecule has 2 aromatic heterocycles. The van der Waals surface area contributed by atoms with Gasteiger partial charge in [0, 0.05) is 39.4 Å². The summed E-state index contributed by atoms with van der Waals surface area (Å²) in [6.07, 6.45) is 1.60. The molecule has 0 aliphatic carbocycles. The molecule has 7 nitrogen and oxygen atoms in total. The van der Waals surface area contributed by atoms with Gasteiger partial charge in [-0.1, -0.05) is 11.3 Å². The molecule has 0 spiro atoms. The Hall–Kier alpha value is -2.07. The summed E-state index contributed by atoms with van der Waals surface area (Å²) in [5.74, 6) is -0.474.